The lowest BCUT2D eigenvalue weighted by atomic mass is 10.1. The van der Waals surface area contributed by atoms with E-state index in [1.165, 1.54) is 0 Å². The molecule has 0 spiro atoms. The molecule has 0 unspecified atom stereocenters. The maximum absolute atomic E-state index is 6.27. The zero-order chi connectivity index (χ0) is 17.5. The van der Waals surface area contributed by atoms with Crippen molar-refractivity contribution in [2.75, 3.05) is 25.6 Å². The summed E-state index contributed by atoms with van der Waals surface area (Å²) < 4.78 is 10.9. The molecule has 24 heavy (non-hydrogen) atoms. The Balaban J connectivity index is 1.82. The molecule has 0 aliphatic heterocycles. The van der Waals surface area contributed by atoms with Gasteiger partial charge >= 0.3 is 0 Å². The average molecular weight is 365 g/mol. The highest BCUT2D eigenvalue weighted by Gasteiger charge is 2.07. The fourth-order valence-corrected chi connectivity index (χ4v) is 2.87. The second-order valence-electron chi connectivity index (χ2n) is 5.32. The van der Waals surface area contributed by atoms with Gasteiger partial charge in [0.25, 0.3) is 0 Å². The number of thiocarbonyl (C=S) groups is 1. The zero-order valence-electron chi connectivity index (χ0n) is 14.0. The Bertz CT molecular complexity index is 699. The number of ether oxygens (including phenoxy) is 2. The standard InChI is InChI=1S/C18H21ClN2O2S/c1-12-10-13(2)17(14(19)11-12)21-18(24)20-8-9-23-16-7-5-4-6-15(16)22-3/h4-7,10-11H,8-9H2,1-3H3,(H2,20,21,24). The third kappa shape index (κ3) is 5.01. The smallest absolute Gasteiger partial charge is 0.170 e. The Labute approximate surface area is 153 Å². The monoisotopic (exact) mass is 364 g/mol. The van der Waals surface area contributed by atoms with Crippen molar-refractivity contribution in [3.05, 3.63) is 52.5 Å². The SMILES string of the molecule is COc1ccccc1OCCNC(=S)Nc1c(C)cc(C)cc1Cl. The molecule has 2 N–H and O–H groups in total. The molecule has 2 rings (SSSR count). The second-order valence-corrected chi connectivity index (χ2v) is 6.13. The molecule has 2 aromatic carbocycles. The van der Waals surface area contributed by atoms with Crippen molar-refractivity contribution in [1.82, 2.24) is 5.32 Å². The minimum absolute atomic E-state index is 0.461. The summed E-state index contributed by atoms with van der Waals surface area (Å²) in [5, 5.41) is 7.40. The van der Waals surface area contributed by atoms with E-state index < -0.39 is 0 Å². The molecule has 0 atom stereocenters. The summed E-state index contributed by atoms with van der Waals surface area (Å²) >= 11 is 11.6. The van der Waals surface area contributed by atoms with Gasteiger partial charge in [0.15, 0.2) is 16.6 Å². The van der Waals surface area contributed by atoms with Crippen molar-refractivity contribution in [2.24, 2.45) is 0 Å². The van der Waals surface area contributed by atoms with Crippen LogP contribution in [0.15, 0.2) is 36.4 Å². The summed E-state index contributed by atoms with van der Waals surface area (Å²) in [6.45, 7) is 5.03. The van der Waals surface area contributed by atoms with E-state index in [-0.39, 0.29) is 0 Å². The Morgan fingerprint density at radius 1 is 1.17 bits per heavy atom. The molecular weight excluding hydrogens is 344 g/mol. The van der Waals surface area contributed by atoms with Crippen molar-refractivity contribution < 1.29 is 9.47 Å². The van der Waals surface area contributed by atoms with Crippen LogP contribution in [0.3, 0.4) is 0 Å². The molecule has 6 heteroatoms. The maximum atomic E-state index is 6.27. The van der Waals surface area contributed by atoms with E-state index in [4.69, 9.17) is 33.3 Å². The van der Waals surface area contributed by atoms with Crippen LogP contribution in [-0.2, 0) is 0 Å². The molecule has 0 aromatic heterocycles. The number of halogens is 1. The van der Waals surface area contributed by atoms with Gasteiger partial charge in [-0.3, -0.25) is 0 Å². The summed E-state index contributed by atoms with van der Waals surface area (Å²) in [6, 6.07) is 11.5. The quantitative estimate of drug-likeness (QED) is 0.590. The van der Waals surface area contributed by atoms with Crippen LogP contribution >= 0.6 is 23.8 Å². The summed E-state index contributed by atoms with van der Waals surface area (Å²) in [5.41, 5.74) is 2.99. The highest BCUT2D eigenvalue weighted by molar-refractivity contribution is 7.80. The van der Waals surface area contributed by atoms with Crippen LogP contribution in [0.25, 0.3) is 0 Å². The average Bonchev–Trinajstić information content (AvgIpc) is 2.55. The van der Waals surface area contributed by atoms with Crippen molar-refractivity contribution in [3.8, 4) is 11.5 Å². The fraction of sp³-hybridized carbons (Fsp3) is 0.278. The Morgan fingerprint density at radius 2 is 1.88 bits per heavy atom. The minimum atomic E-state index is 0.461. The van der Waals surface area contributed by atoms with Crippen LogP contribution in [0.2, 0.25) is 5.02 Å². The van der Waals surface area contributed by atoms with E-state index in [0.717, 1.165) is 16.8 Å². The topological polar surface area (TPSA) is 42.5 Å². The Morgan fingerprint density at radius 3 is 2.54 bits per heavy atom. The number of benzene rings is 2. The Hall–Kier alpha value is -1.98. The van der Waals surface area contributed by atoms with Gasteiger partial charge in [0.05, 0.1) is 24.4 Å². The van der Waals surface area contributed by atoms with Crippen LogP contribution in [0.1, 0.15) is 11.1 Å². The predicted molar refractivity (Wildman–Crippen MR) is 104 cm³/mol. The van der Waals surface area contributed by atoms with Crippen molar-refractivity contribution in [2.45, 2.75) is 13.8 Å². The van der Waals surface area contributed by atoms with Crippen LogP contribution in [0.4, 0.5) is 5.69 Å². The first-order valence-electron chi connectivity index (χ1n) is 7.58. The maximum Gasteiger partial charge on any atom is 0.170 e. The van der Waals surface area contributed by atoms with E-state index in [0.29, 0.717) is 34.8 Å². The fourth-order valence-electron chi connectivity index (χ4n) is 2.30. The number of nitrogens with one attached hydrogen (secondary N) is 2. The van der Waals surface area contributed by atoms with Crippen molar-refractivity contribution >= 4 is 34.6 Å². The first-order valence-corrected chi connectivity index (χ1v) is 8.37. The normalized spacial score (nSPS) is 10.2. The highest BCUT2D eigenvalue weighted by atomic mass is 35.5. The van der Waals surface area contributed by atoms with Gasteiger partial charge in [0, 0.05) is 0 Å². The molecule has 4 nitrogen and oxygen atoms in total. The molecule has 0 aliphatic rings. The van der Waals surface area contributed by atoms with Crippen molar-refractivity contribution in [3.63, 3.8) is 0 Å². The van der Waals surface area contributed by atoms with Crippen LogP contribution in [0.5, 0.6) is 11.5 Å². The van der Waals surface area contributed by atoms with E-state index in [9.17, 15) is 0 Å². The van der Waals surface area contributed by atoms with Gasteiger partial charge < -0.3 is 20.1 Å². The first kappa shape index (κ1) is 18.4. The lowest BCUT2D eigenvalue weighted by molar-refractivity contribution is 0.298. The first-order chi connectivity index (χ1) is 11.5. The highest BCUT2D eigenvalue weighted by Crippen LogP contribution is 2.27. The molecule has 0 fully saturated rings. The molecular formula is C18H21ClN2O2S. The second kappa shape index (κ2) is 8.76. The molecule has 0 radical (unpaired) electrons. The summed E-state index contributed by atoms with van der Waals surface area (Å²) in [4.78, 5) is 0. The lowest BCUT2D eigenvalue weighted by Gasteiger charge is -2.15. The van der Waals surface area contributed by atoms with Gasteiger partial charge in [-0.1, -0.05) is 29.8 Å². The molecule has 0 saturated carbocycles. The number of hydrogen-bond donors (Lipinski definition) is 2. The third-order valence-electron chi connectivity index (χ3n) is 3.38. The van der Waals surface area contributed by atoms with Crippen molar-refractivity contribution in [1.29, 1.82) is 0 Å². The van der Waals surface area contributed by atoms with E-state index in [1.54, 1.807) is 7.11 Å². The summed E-state index contributed by atoms with van der Waals surface area (Å²) in [5.74, 6) is 1.42. The van der Waals surface area contributed by atoms with E-state index in [1.807, 2.05) is 44.2 Å². The minimum Gasteiger partial charge on any atom is -0.493 e. The van der Waals surface area contributed by atoms with Gasteiger partial charge in [-0.25, -0.2) is 0 Å². The number of para-hydroxylation sites is 2. The molecule has 0 bridgehead atoms. The largest absolute Gasteiger partial charge is 0.493 e. The van der Waals surface area contributed by atoms with E-state index >= 15 is 0 Å². The lowest BCUT2D eigenvalue weighted by Crippen LogP contribution is -2.32. The molecule has 0 saturated heterocycles. The molecule has 2 aromatic rings. The zero-order valence-corrected chi connectivity index (χ0v) is 15.6. The number of anilines is 1. The van der Waals surface area contributed by atoms with Crippen LogP contribution in [0, 0.1) is 13.8 Å². The predicted octanol–water partition coefficient (Wildman–Crippen LogP) is 4.33. The number of hydrogen-bond acceptors (Lipinski definition) is 3. The Kier molecular flexibility index (Phi) is 6.70. The number of aryl methyl sites for hydroxylation is 2. The molecule has 128 valence electrons. The molecule has 0 amide bonds. The number of rotatable bonds is 6. The molecule has 0 heterocycles. The van der Waals surface area contributed by atoms with Crippen LogP contribution < -0.4 is 20.1 Å². The number of methoxy groups -OCH3 is 1. The molecule has 0 aliphatic carbocycles. The van der Waals surface area contributed by atoms with Gasteiger partial charge in [0.1, 0.15) is 6.61 Å². The van der Waals surface area contributed by atoms with Gasteiger partial charge in [-0.2, -0.15) is 0 Å². The summed E-state index contributed by atoms with van der Waals surface area (Å²) in [7, 11) is 1.62. The van der Waals surface area contributed by atoms with E-state index in [2.05, 4.69) is 16.7 Å². The third-order valence-corrected chi connectivity index (χ3v) is 3.93. The van der Waals surface area contributed by atoms with Gasteiger partial charge in [0.2, 0.25) is 0 Å². The van der Waals surface area contributed by atoms with Crippen LogP contribution in [-0.4, -0.2) is 25.4 Å². The van der Waals surface area contributed by atoms with Gasteiger partial charge in [-0.05, 0) is 55.4 Å². The summed E-state index contributed by atoms with van der Waals surface area (Å²) in [6.07, 6.45) is 0. The van der Waals surface area contributed by atoms with Gasteiger partial charge in [-0.15, -0.1) is 0 Å².